The van der Waals surface area contributed by atoms with Crippen molar-refractivity contribution in [3.63, 3.8) is 0 Å². The smallest absolute Gasteiger partial charge is 0.162 e. The van der Waals surface area contributed by atoms with Crippen LogP contribution < -0.4 is 10.5 Å². The number of nitrogens with two attached hydrogens (primary N) is 1. The predicted molar refractivity (Wildman–Crippen MR) is 83.2 cm³/mol. The van der Waals surface area contributed by atoms with Crippen molar-refractivity contribution in [1.29, 1.82) is 0 Å². The van der Waals surface area contributed by atoms with Crippen molar-refractivity contribution in [3.8, 4) is 0 Å². The average molecular weight is 294 g/mol. The molecular weight excluding hydrogens is 279 g/mol. The minimum Gasteiger partial charge on any atom is -0.399 e. The largest absolute Gasteiger partial charge is 0.399 e. The Hall–Kier alpha value is -1.33. The molecule has 19 heavy (non-hydrogen) atoms. The van der Waals surface area contributed by atoms with E-state index < -0.39 is 5.50 Å². The number of benzene rings is 2. The van der Waals surface area contributed by atoms with Gasteiger partial charge in [0.15, 0.2) is 5.50 Å². The van der Waals surface area contributed by atoms with Crippen molar-refractivity contribution in [1.82, 2.24) is 0 Å². The minimum absolute atomic E-state index is 0.765. The summed E-state index contributed by atoms with van der Waals surface area (Å²) < 4.78 is 15.6. The van der Waals surface area contributed by atoms with E-state index in [4.69, 9.17) is 5.73 Å². The highest BCUT2D eigenvalue weighted by molar-refractivity contribution is 8.01. The van der Waals surface area contributed by atoms with Crippen LogP contribution in [0.25, 0.3) is 0 Å². The lowest BCUT2D eigenvalue weighted by molar-refractivity contribution is 0.484. The van der Waals surface area contributed by atoms with Gasteiger partial charge in [-0.3, -0.25) is 0 Å². The average Bonchev–Trinajstić information content (AvgIpc) is 2.40. The first-order valence-electron chi connectivity index (χ1n) is 5.83. The highest BCUT2D eigenvalue weighted by Gasteiger charge is 2.00. The fourth-order valence-electron chi connectivity index (χ4n) is 1.41. The molecule has 0 aliphatic rings. The lowest BCUT2D eigenvalue weighted by atomic mass is 10.3. The van der Waals surface area contributed by atoms with Gasteiger partial charge in [0.1, 0.15) is 0 Å². The van der Waals surface area contributed by atoms with Gasteiger partial charge in [-0.25, -0.2) is 4.39 Å². The van der Waals surface area contributed by atoms with Crippen LogP contribution in [-0.4, -0.2) is 5.50 Å². The summed E-state index contributed by atoms with van der Waals surface area (Å²) in [6, 6.07) is 15.7. The Morgan fingerprint density at radius 3 is 2.05 bits per heavy atom. The maximum atomic E-state index is 12.7. The number of nitrogen functional groups attached to an aromatic ring is 1. The Labute approximate surface area is 121 Å². The van der Waals surface area contributed by atoms with Crippen molar-refractivity contribution >= 4 is 35.1 Å². The van der Waals surface area contributed by atoms with E-state index in [0.717, 1.165) is 33.1 Å². The summed E-state index contributed by atoms with van der Waals surface area (Å²) >= 11 is 2.72. The van der Waals surface area contributed by atoms with Crippen molar-refractivity contribution in [2.24, 2.45) is 0 Å². The van der Waals surface area contributed by atoms with Gasteiger partial charge in [-0.05, 0) is 67.4 Å². The zero-order valence-corrected chi connectivity index (χ0v) is 12.1. The molecule has 3 N–H and O–H groups in total. The summed E-state index contributed by atoms with van der Waals surface area (Å²) in [6.45, 7) is 1.50. The van der Waals surface area contributed by atoms with Crippen LogP contribution in [0.3, 0.4) is 0 Å². The lowest BCUT2D eigenvalue weighted by Gasteiger charge is -2.07. The molecule has 0 saturated heterocycles. The highest BCUT2D eigenvalue weighted by Crippen LogP contribution is 2.29. The Kier molecular flexibility index (Phi) is 4.99. The van der Waals surface area contributed by atoms with E-state index in [9.17, 15) is 4.39 Å². The summed E-state index contributed by atoms with van der Waals surface area (Å²) in [6.07, 6.45) is 0. The van der Waals surface area contributed by atoms with E-state index in [1.807, 2.05) is 48.5 Å². The predicted octanol–water partition coefficient (Wildman–Crippen LogP) is 4.80. The van der Waals surface area contributed by atoms with E-state index in [2.05, 4.69) is 4.72 Å². The van der Waals surface area contributed by atoms with Gasteiger partial charge in [0.05, 0.1) is 0 Å². The summed E-state index contributed by atoms with van der Waals surface area (Å²) in [4.78, 5) is 2.27. The fraction of sp³-hybridized carbons (Fsp3) is 0.143. The van der Waals surface area contributed by atoms with Gasteiger partial charge in [0.25, 0.3) is 0 Å². The summed E-state index contributed by atoms with van der Waals surface area (Å²) in [7, 11) is 0. The summed E-state index contributed by atoms with van der Waals surface area (Å²) in [5.74, 6) is 0. The van der Waals surface area contributed by atoms with Crippen molar-refractivity contribution in [2.75, 3.05) is 10.5 Å². The number of nitrogens with one attached hydrogen (secondary N) is 1. The van der Waals surface area contributed by atoms with Crippen LogP contribution in [0.4, 0.5) is 15.8 Å². The molecule has 0 saturated carbocycles. The molecule has 2 nitrogen and oxygen atoms in total. The first kappa shape index (κ1) is 14.1. The number of anilines is 2. The maximum Gasteiger partial charge on any atom is 0.162 e. The van der Waals surface area contributed by atoms with Crippen LogP contribution in [0, 0.1) is 0 Å². The third-order valence-corrected chi connectivity index (χ3v) is 4.00. The van der Waals surface area contributed by atoms with E-state index in [0.29, 0.717) is 0 Å². The molecule has 2 aromatic carbocycles. The molecule has 0 radical (unpaired) electrons. The normalized spacial score (nSPS) is 12.1. The number of hydrogen-bond donors (Lipinski definition) is 2. The molecule has 2 rings (SSSR count). The Bertz CT molecular complexity index is 512. The topological polar surface area (TPSA) is 38.0 Å². The fourth-order valence-corrected chi connectivity index (χ4v) is 2.66. The zero-order valence-electron chi connectivity index (χ0n) is 10.5. The van der Waals surface area contributed by atoms with Crippen LogP contribution in [0.5, 0.6) is 0 Å². The Morgan fingerprint density at radius 2 is 1.53 bits per heavy atom. The highest BCUT2D eigenvalue weighted by atomic mass is 32.2. The molecule has 2 aromatic rings. The van der Waals surface area contributed by atoms with Crippen LogP contribution in [0.1, 0.15) is 6.92 Å². The number of hydrogen-bond acceptors (Lipinski definition) is 4. The van der Waals surface area contributed by atoms with Gasteiger partial charge in [0.2, 0.25) is 0 Å². The first-order chi connectivity index (χ1) is 9.13. The second kappa shape index (κ2) is 6.73. The van der Waals surface area contributed by atoms with Gasteiger partial charge in [-0.2, -0.15) is 0 Å². The van der Waals surface area contributed by atoms with Crippen LogP contribution in [-0.2, 0) is 0 Å². The van der Waals surface area contributed by atoms with E-state index >= 15 is 0 Å². The molecule has 0 fully saturated rings. The molecule has 0 aliphatic carbocycles. The maximum absolute atomic E-state index is 12.7. The summed E-state index contributed by atoms with van der Waals surface area (Å²) in [5, 5.41) is 0. The first-order valence-corrected chi connectivity index (χ1v) is 7.52. The van der Waals surface area contributed by atoms with Crippen molar-refractivity contribution in [2.45, 2.75) is 22.2 Å². The van der Waals surface area contributed by atoms with Crippen LogP contribution in [0.2, 0.25) is 0 Å². The van der Waals surface area contributed by atoms with Crippen LogP contribution in [0.15, 0.2) is 58.3 Å². The third-order valence-electron chi connectivity index (χ3n) is 2.31. The molecule has 0 spiro atoms. The SMILES string of the molecule is CC(F)SNc1ccc(Sc2ccc(N)cc2)cc1. The molecule has 0 amide bonds. The molecule has 1 unspecified atom stereocenters. The molecular formula is C14H15FN2S2. The van der Waals surface area contributed by atoms with Gasteiger partial charge in [0, 0.05) is 21.2 Å². The quantitative estimate of drug-likeness (QED) is 0.614. The molecule has 1 atom stereocenters. The molecule has 0 aromatic heterocycles. The van der Waals surface area contributed by atoms with Gasteiger partial charge in [-0.15, -0.1) is 0 Å². The minimum atomic E-state index is -0.927. The second-order valence-corrected chi connectivity index (χ2v) is 6.19. The van der Waals surface area contributed by atoms with E-state index in [1.54, 1.807) is 11.8 Å². The number of rotatable bonds is 5. The molecule has 100 valence electrons. The molecule has 0 heterocycles. The van der Waals surface area contributed by atoms with Crippen molar-refractivity contribution < 1.29 is 4.39 Å². The van der Waals surface area contributed by atoms with Gasteiger partial charge >= 0.3 is 0 Å². The monoisotopic (exact) mass is 294 g/mol. The Balaban J connectivity index is 1.96. The molecule has 5 heteroatoms. The lowest BCUT2D eigenvalue weighted by Crippen LogP contribution is -1.92. The van der Waals surface area contributed by atoms with E-state index in [-0.39, 0.29) is 0 Å². The molecule has 0 bridgehead atoms. The summed E-state index contributed by atoms with van der Waals surface area (Å²) in [5.41, 5.74) is 6.38. The molecule has 0 aliphatic heterocycles. The number of halogens is 1. The standard InChI is InChI=1S/C14H15FN2S2/c1-10(15)19-17-12-4-8-14(9-5-12)18-13-6-2-11(16)3-7-13/h2-10,17H,16H2,1H3. The van der Waals surface area contributed by atoms with Crippen molar-refractivity contribution in [3.05, 3.63) is 48.5 Å². The van der Waals surface area contributed by atoms with E-state index in [1.165, 1.54) is 6.92 Å². The number of alkyl halides is 1. The zero-order chi connectivity index (χ0) is 13.7. The second-order valence-electron chi connectivity index (χ2n) is 3.96. The van der Waals surface area contributed by atoms with Gasteiger partial charge in [-0.1, -0.05) is 11.8 Å². The van der Waals surface area contributed by atoms with Crippen LogP contribution >= 0.6 is 23.7 Å². The van der Waals surface area contributed by atoms with Gasteiger partial charge < -0.3 is 10.5 Å². The Morgan fingerprint density at radius 1 is 1.00 bits per heavy atom. The third kappa shape index (κ3) is 4.69.